The summed E-state index contributed by atoms with van der Waals surface area (Å²) in [4.78, 5) is 54.4. The lowest BCUT2D eigenvalue weighted by atomic mass is 9.94. The zero-order chi connectivity index (χ0) is 24.8. The van der Waals surface area contributed by atoms with Gasteiger partial charge in [-0.2, -0.15) is 0 Å². The summed E-state index contributed by atoms with van der Waals surface area (Å²) in [6.45, 7) is 0.230. The molecule has 4 aromatic carbocycles. The summed E-state index contributed by atoms with van der Waals surface area (Å²) in [5.74, 6) is -1.26. The fraction of sp³-hybridized carbons (Fsp3) is 0.0667. The van der Waals surface area contributed by atoms with Crippen LogP contribution in [0.2, 0.25) is 0 Å². The normalized spacial score (nSPS) is 14.4. The van der Waals surface area contributed by atoms with Crippen LogP contribution in [0.5, 0.6) is 0 Å². The molecule has 2 aliphatic heterocycles. The Bertz CT molecular complexity index is 1400. The SMILES string of the molecule is O=C1c2ccccc2C(=O)N1Cc1ccccc1-c1ccccc1CN1C(=O)c2ccccc2C1=O. The van der Waals surface area contributed by atoms with Gasteiger partial charge in [-0.3, -0.25) is 29.0 Å². The zero-order valence-electron chi connectivity index (χ0n) is 19.2. The first-order valence-electron chi connectivity index (χ1n) is 11.6. The molecule has 0 saturated heterocycles. The number of amides is 4. The van der Waals surface area contributed by atoms with Crippen molar-refractivity contribution in [2.45, 2.75) is 13.1 Å². The second-order valence-electron chi connectivity index (χ2n) is 8.80. The van der Waals surface area contributed by atoms with E-state index in [1.807, 2.05) is 48.5 Å². The van der Waals surface area contributed by atoms with E-state index in [2.05, 4.69) is 0 Å². The van der Waals surface area contributed by atoms with Gasteiger partial charge >= 0.3 is 0 Å². The van der Waals surface area contributed by atoms with E-state index in [1.165, 1.54) is 9.80 Å². The number of hydrogen-bond acceptors (Lipinski definition) is 4. The minimum atomic E-state index is -0.315. The molecule has 6 heteroatoms. The monoisotopic (exact) mass is 472 g/mol. The van der Waals surface area contributed by atoms with Crippen LogP contribution in [0.1, 0.15) is 52.6 Å². The number of fused-ring (bicyclic) bond motifs is 2. The minimum Gasteiger partial charge on any atom is -0.270 e. The van der Waals surface area contributed by atoms with Crippen molar-refractivity contribution in [3.8, 4) is 11.1 Å². The van der Waals surface area contributed by atoms with Crippen LogP contribution in [-0.2, 0) is 13.1 Å². The Labute approximate surface area is 207 Å². The highest BCUT2D eigenvalue weighted by molar-refractivity contribution is 6.22. The first-order valence-corrected chi connectivity index (χ1v) is 11.6. The third kappa shape index (κ3) is 3.34. The van der Waals surface area contributed by atoms with Crippen molar-refractivity contribution in [3.63, 3.8) is 0 Å². The van der Waals surface area contributed by atoms with E-state index in [9.17, 15) is 19.2 Å². The first kappa shape index (κ1) is 21.7. The average molecular weight is 473 g/mol. The van der Waals surface area contributed by atoms with E-state index >= 15 is 0 Å². The van der Waals surface area contributed by atoms with Gasteiger partial charge in [-0.05, 0) is 46.5 Å². The highest BCUT2D eigenvalue weighted by Gasteiger charge is 2.37. The van der Waals surface area contributed by atoms with Gasteiger partial charge in [0.15, 0.2) is 0 Å². The molecule has 0 aromatic heterocycles. The lowest BCUT2D eigenvalue weighted by Gasteiger charge is -2.20. The molecule has 2 aliphatic rings. The number of carbonyl (C=O) groups excluding carboxylic acids is 4. The summed E-state index contributed by atoms with van der Waals surface area (Å²) in [7, 11) is 0. The smallest absolute Gasteiger partial charge is 0.261 e. The molecule has 2 heterocycles. The van der Waals surface area contributed by atoms with Crippen LogP contribution in [0.4, 0.5) is 0 Å². The molecule has 0 spiro atoms. The summed E-state index contributed by atoms with van der Waals surface area (Å²) in [6.07, 6.45) is 0. The maximum absolute atomic E-state index is 13.0. The molecule has 4 aromatic rings. The van der Waals surface area contributed by atoms with Crippen LogP contribution >= 0.6 is 0 Å². The molecule has 0 atom stereocenters. The Morgan fingerprint density at radius 3 is 0.917 bits per heavy atom. The van der Waals surface area contributed by atoms with Gasteiger partial charge in [0.25, 0.3) is 23.6 Å². The summed E-state index contributed by atoms with van der Waals surface area (Å²) < 4.78 is 0. The Kier molecular flexibility index (Phi) is 5.08. The van der Waals surface area contributed by atoms with Crippen molar-refractivity contribution in [3.05, 3.63) is 130 Å². The summed E-state index contributed by atoms with van der Waals surface area (Å²) in [5.41, 5.74) is 4.89. The molecule has 0 fully saturated rings. The zero-order valence-corrected chi connectivity index (χ0v) is 19.2. The predicted molar refractivity (Wildman–Crippen MR) is 133 cm³/mol. The molecule has 6 rings (SSSR count). The van der Waals surface area contributed by atoms with Crippen molar-refractivity contribution in [1.82, 2.24) is 9.80 Å². The van der Waals surface area contributed by atoms with E-state index in [0.717, 1.165) is 22.3 Å². The van der Waals surface area contributed by atoms with E-state index < -0.39 is 0 Å². The third-order valence-corrected chi connectivity index (χ3v) is 6.74. The van der Waals surface area contributed by atoms with Crippen molar-refractivity contribution < 1.29 is 19.2 Å². The van der Waals surface area contributed by atoms with E-state index in [4.69, 9.17) is 0 Å². The number of nitrogens with zero attached hydrogens (tertiary/aromatic N) is 2. The molecule has 174 valence electrons. The quantitative estimate of drug-likeness (QED) is 0.386. The Morgan fingerprint density at radius 2 is 0.611 bits per heavy atom. The molecule has 0 N–H and O–H groups in total. The minimum absolute atomic E-state index is 0.115. The first-order chi connectivity index (χ1) is 17.5. The number of carbonyl (C=O) groups is 4. The van der Waals surface area contributed by atoms with Gasteiger partial charge in [-0.1, -0.05) is 72.8 Å². The number of hydrogen-bond donors (Lipinski definition) is 0. The van der Waals surface area contributed by atoms with Crippen LogP contribution < -0.4 is 0 Å². The Morgan fingerprint density at radius 1 is 0.361 bits per heavy atom. The van der Waals surface area contributed by atoms with E-state index in [0.29, 0.717) is 22.3 Å². The van der Waals surface area contributed by atoms with Gasteiger partial charge < -0.3 is 0 Å². The molecule has 0 saturated carbocycles. The van der Waals surface area contributed by atoms with Gasteiger partial charge in [-0.25, -0.2) is 0 Å². The highest BCUT2D eigenvalue weighted by Crippen LogP contribution is 2.33. The largest absolute Gasteiger partial charge is 0.270 e. The molecule has 6 nitrogen and oxygen atoms in total. The Balaban J connectivity index is 1.34. The summed E-state index contributed by atoms with van der Waals surface area (Å²) in [5, 5.41) is 0. The highest BCUT2D eigenvalue weighted by atomic mass is 16.2. The standard InChI is InChI=1S/C30H20N2O4/c33-27-23-13-5-6-14-24(23)28(34)31(27)17-19-9-1-3-11-21(19)22-12-4-2-10-20(22)18-32-29(35)25-15-7-8-16-26(25)30(32)36/h1-16H,17-18H2. The van der Waals surface area contributed by atoms with Crippen LogP contribution in [0.15, 0.2) is 97.1 Å². The van der Waals surface area contributed by atoms with Crippen molar-refractivity contribution >= 4 is 23.6 Å². The molecular formula is C30H20N2O4. The van der Waals surface area contributed by atoms with Gasteiger partial charge in [0, 0.05) is 0 Å². The number of benzene rings is 4. The topological polar surface area (TPSA) is 74.8 Å². The number of rotatable bonds is 5. The predicted octanol–water partition coefficient (Wildman–Crippen LogP) is 4.95. The molecule has 0 radical (unpaired) electrons. The van der Waals surface area contributed by atoms with Crippen LogP contribution in [0.3, 0.4) is 0 Å². The summed E-state index contributed by atoms with van der Waals surface area (Å²) in [6, 6.07) is 28.8. The van der Waals surface area contributed by atoms with Crippen LogP contribution in [0.25, 0.3) is 11.1 Å². The van der Waals surface area contributed by atoms with Crippen LogP contribution in [-0.4, -0.2) is 33.4 Å². The lowest BCUT2D eigenvalue weighted by Crippen LogP contribution is -2.30. The van der Waals surface area contributed by atoms with Crippen molar-refractivity contribution in [1.29, 1.82) is 0 Å². The molecule has 0 bridgehead atoms. The fourth-order valence-electron chi connectivity index (χ4n) is 4.95. The second kappa shape index (κ2) is 8.43. The van der Waals surface area contributed by atoms with Gasteiger partial charge in [-0.15, -0.1) is 0 Å². The Hall–Kier alpha value is -4.84. The molecule has 0 unspecified atom stereocenters. The van der Waals surface area contributed by atoms with E-state index in [1.54, 1.807) is 48.5 Å². The summed E-state index contributed by atoms with van der Waals surface area (Å²) >= 11 is 0. The fourth-order valence-corrected chi connectivity index (χ4v) is 4.95. The third-order valence-electron chi connectivity index (χ3n) is 6.74. The van der Waals surface area contributed by atoms with Gasteiger partial charge in [0.05, 0.1) is 35.3 Å². The molecule has 4 amide bonds. The van der Waals surface area contributed by atoms with Crippen molar-refractivity contribution in [2.24, 2.45) is 0 Å². The van der Waals surface area contributed by atoms with Crippen molar-refractivity contribution in [2.75, 3.05) is 0 Å². The maximum Gasteiger partial charge on any atom is 0.261 e. The second-order valence-corrected chi connectivity index (χ2v) is 8.80. The van der Waals surface area contributed by atoms with E-state index in [-0.39, 0.29) is 36.7 Å². The lowest BCUT2D eigenvalue weighted by molar-refractivity contribution is 0.0626. The molecule has 0 aliphatic carbocycles. The van der Waals surface area contributed by atoms with Crippen LogP contribution in [0, 0.1) is 0 Å². The molecular weight excluding hydrogens is 452 g/mol. The maximum atomic E-state index is 13.0. The van der Waals surface area contributed by atoms with Gasteiger partial charge in [0.1, 0.15) is 0 Å². The number of imide groups is 2. The molecule has 36 heavy (non-hydrogen) atoms. The van der Waals surface area contributed by atoms with Gasteiger partial charge in [0.2, 0.25) is 0 Å². The average Bonchev–Trinajstić information content (AvgIpc) is 3.30.